The first kappa shape index (κ1) is 17.3. The van der Waals surface area contributed by atoms with Gasteiger partial charge in [0.1, 0.15) is 0 Å². The Labute approximate surface area is 138 Å². The third-order valence-electron chi connectivity index (χ3n) is 3.41. The molecule has 2 rings (SSSR count). The molecular weight excluding hydrogens is 288 g/mol. The number of aromatic nitrogens is 2. The van der Waals surface area contributed by atoms with Gasteiger partial charge in [-0.3, -0.25) is 0 Å². The summed E-state index contributed by atoms with van der Waals surface area (Å²) in [6, 6.07) is 8.22. The van der Waals surface area contributed by atoms with Gasteiger partial charge in [-0.05, 0) is 25.8 Å². The standard InChI is InChI=1S/C19H24N2O2/c1-4-23-15(2)6-5-7-16-8-10-18(11-9-16)19-20-12-17(13-21-19)14-22-3/h5,7-13,15H,4,6,14H2,1-3H3/b7-5+. The lowest BCUT2D eigenvalue weighted by atomic mass is 10.1. The van der Waals surface area contributed by atoms with Gasteiger partial charge >= 0.3 is 0 Å². The van der Waals surface area contributed by atoms with Crippen LogP contribution in [0.3, 0.4) is 0 Å². The third kappa shape index (κ3) is 5.58. The minimum Gasteiger partial charge on any atom is -0.380 e. The molecule has 0 aliphatic heterocycles. The fourth-order valence-electron chi connectivity index (χ4n) is 2.24. The van der Waals surface area contributed by atoms with Gasteiger partial charge in [-0.1, -0.05) is 36.4 Å². The summed E-state index contributed by atoms with van der Waals surface area (Å²) < 4.78 is 10.6. The van der Waals surface area contributed by atoms with Crippen LogP contribution in [-0.4, -0.2) is 29.8 Å². The second kappa shape index (κ2) is 9.18. The van der Waals surface area contributed by atoms with Crippen LogP contribution in [0.5, 0.6) is 0 Å². The van der Waals surface area contributed by atoms with E-state index in [2.05, 4.69) is 41.2 Å². The Kier molecular flexibility index (Phi) is 6.91. The van der Waals surface area contributed by atoms with Crippen molar-refractivity contribution in [3.8, 4) is 11.4 Å². The molecule has 1 aromatic carbocycles. The van der Waals surface area contributed by atoms with Crippen molar-refractivity contribution in [1.82, 2.24) is 9.97 Å². The highest BCUT2D eigenvalue weighted by Gasteiger charge is 2.01. The van der Waals surface area contributed by atoms with Gasteiger partial charge in [0.15, 0.2) is 5.82 Å². The fourth-order valence-corrected chi connectivity index (χ4v) is 2.24. The molecule has 4 heteroatoms. The second-order valence-electron chi connectivity index (χ2n) is 5.37. The summed E-state index contributed by atoms with van der Waals surface area (Å²) in [7, 11) is 1.66. The van der Waals surface area contributed by atoms with E-state index in [-0.39, 0.29) is 6.10 Å². The molecule has 2 aromatic rings. The van der Waals surface area contributed by atoms with E-state index >= 15 is 0 Å². The van der Waals surface area contributed by atoms with Crippen molar-refractivity contribution in [2.75, 3.05) is 13.7 Å². The fraction of sp³-hybridized carbons (Fsp3) is 0.368. The molecule has 0 N–H and O–H groups in total. The quantitative estimate of drug-likeness (QED) is 0.735. The van der Waals surface area contributed by atoms with Crippen LogP contribution >= 0.6 is 0 Å². The normalized spacial score (nSPS) is 12.7. The van der Waals surface area contributed by atoms with Crippen LogP contribution in [0.4, 0.5) is 0 Å². The zero-order valence-corrected chi connectivity index (χ0v) is 14.0. The Morgan fingerprint density at radius 3 is 2.43 bits per heavy atom. The summed E-state index contributed by atoms with van der Waals surface area (Å²) in [5.74, 6) is 0.727. The Morgan fingerprint density at radius 1 is 1.13 bits per heavy atom. The molecule has 1 aromatic heterocycles. The molecule has 0 saturated heterocycles. The number of nitrogens with zero attached hydrogens (tertiary/aromatic N) is 2. The zero-order chi connectivity index (χ0) is 16.5. The largest absolute Gasteiger partial charge is 0.380 e. The summed E-state index contributed by atoms with van der Waals surface area (Å²) >= 11 is 0. The molecule has 1 atom stereocenters. The van der Waals surface area contributed by atoms with Gasteiger partial charge in [-0.25, -0.2) is 9.97 Å². The molecule has 122 valence electrons. The average molecular weight is 312 g/mol. The Bertz CT molecular complexity index is 606. The van der Waals surface area contributed by atoms with Gasteiger partial charge in [-0.15, -0.1) is 0 Å². The minimum atomic E-state index is 0.259. The van der Waals surface area contributed by atoms with Crippen LogP contribution in [0, 0.1) is 0 Å². The lowest BCUT2D eigenvalue weighted by Gasteiger charge is -2.07. The highest BCUT2D eigenvalue weighted by atomic mass is 16.5. The van der Waals surface area contributed by atoms with Gasteiger partial charge in [0.25, 0.3) is 0 Å². The zero-order valence-electron chi connectivity index (χ0n) is 14.0. The Balaban J connectivity index is 1.97. The summed E-state index contributed by atoms with van der Waals surface area (Å²) in [5, 5.41) is 0. The van der Waals surface area contributed by atoms with Crippen LogP contribution in [0.2, 0.25) is 0 Å². The summed E-state index contributed by atoms with van der Waals surface area (Å²) in [5.41, 5.74) is 3.14. The summed E-state index contributed by atoms with van der Waals surface area (Å²) in [6.45, 7) is 5.39. The summed E-state index contributed by atoms with van der Waals surface area (Å²) in [4.78, 5) is 8.75. The number of benzene rings is 1. The number of methoxy groups -OCH3 is 1. The Morgan fingerprint density at radius 2 is 1.83 bits per heavy atom. The van der Waals surface area contributed by atoms with Crippen molar-refractivity contribution in [1.29, 1.82) is 0 Å². The van der Waals surface area contributed by atoms with Gasteiger partial charge in [0, 0.05) is 37.2 Å². The first-order valence-electron chi connectivity index (χ1n) is 7.91. The van der Waals surface area contributed by atoms with Crippen LogP contribution in [0.25, 0.3) is 17.5 Å². The second-order valence-corrected chi connectivity index (χ2v) is 5.37. The van der Waals surface area contributed by atoms with Gasteiger partial charge < -0.3 is 9.47 Å². The number of hydrogen-bond donors (Lipinski definition) is 0. The van der Waals surface area contributed by atoms with Crippen molar-refractivity contribution in [2.24, 2.45) is 0 Å². The first-order chi connectivity index (χ1) is 11.2. The third-order valence-corrected chi connectivity index (χ3v) is 3.41. The highest BCUT2D eigenvalue weighted by Crippen LogP contribution is 2.16. The lowest BCUT2D eigenvalue weighted by molar-refractivity contribution is 0.0788. The molecule has 0 aliphatic rings. The van der Waals surface area contributed by atoms with Crippen LogP contribution in [-0.2, 0) is 16.1 Å². The molecule has 0 saturated carbocycles. The van der Waals surface area contributed by atoms with E-state index in [9.17, 15) is 0 Å². The number of rotatable bonds is 8. The maximum atomic E-state index is 5.51. The van der Waals surface area contributed by atoms with Crippen LogP contribution in [0.15, 0.2) is 42.7 Å². The average Bonchev–Trinajstić information content (AvgIpc) is 2.57. The van der Waals surface area contributed by atoms with Gasteiger partial charge in [0.2, 0.25) is 0 Å². The molecule has 4 nitrogen and oxygen atoms in total. The molecule has 0 radical (unpaired) electrons. The summed E-state index contributed by atoms with van der Waals surface area (Å²) in [6.07, 6.45) is 9.03. The van der Waals surface area contributed by atoms with Gasteiger partial charge in [-0.2, -0.15) is 0 Å². The van der Waals surface area contributed by atoms with E-state index < -0.39 is 0 Å². The SMILES string of the molecule is CCOC(C)C/C=C/c1ccc(-c2ncc(COC)cn2)cc1. The highest BCUT2D eigenvalue weighted by molar-refractivity contribution is 5.59. The molecule has 0 fully saturated rings. The molecule has 23 heavy (non-hydrogen) atoms. The van der Waals surface area contributed by atoms with E-state index in [4.69, 9.17) is 9.47 Å². The molecule has 1 unspecified atom stereocenters. The topological polar surface area (TPSA) is 44.2 Å². The van der Waals surface area contributed by atoms with Crippen LogP contribution < -0.4 is 0 Å². The number of ether oxygens (including phenoxy) is 2. The van der Waals surface area contributed by atoms with Crippen LogP contribution in [0.1, 0.15) is 31.4 Å². The monoisotopic (exact) mass is 312 g/mol. The maximum Gasteiger partial charge on any atom is 0.159 e. The molecule has 0 aliphatic carbocycles. The first-order valence-corrected chi connectivity index (χ1v) is 7.91. The van der Waals surface area contributed by atoms with Gasteiger partial charge in [0.05, 0.1) is 12.7 Å². The molecule has 0 amide bonds. The maximum absolute atomic E-state index is 5.51. The van der Waals surface area contributed by atoms with E-state index in [0.717, 1.165) is 35.5 Å². The minimum absolute atomic E-state index is 0.259. The molecule has 0 spiro atoms. The number of hydrogen-bond acceptors (Lipinski definition) is 4. The predicted octanol–water partition coefficient (Wildman–Crippen LogP) is 4.12. The van der Waals surface area contributed by atoms with Crippen molar-refractivity contribution < 1.29 is 9.47 Å². The molecule has 1 heterocycles. The van der Waals surface area contributed by atoms with Crippen molar-refractivity contribution in [3.63, 3.8) is 0 Å². The Hall–Kier alpha value is -2.04. The van der Waals surface area contributed by atoms with E-state index in [1.165, 1.54) is 0 Å². The van der Waals surface area contributed by atoms with E-state index in [1.807, 2.05) is 19.1 Å². The van der Waals surface area contributed by atoms with Crippen molar-refractivity contribution in [3.05, 3.63) is 53.9 Å². The lowest BCUT2D eigenvalue weighted by Crippen LogP contribution is -2.05. The van der Waals surface area contributed by atoms with Crippen molar-refractivity contribution >= 4 is 6.08 Å². The van der Waals surface area contributed by atoms with E-state index in [0.29, 0.717) is 6.61 Å². The predicted molar refractivity (Wildman–Crippen MR) is 92.9 cm³/mol. The van der Waals surface area contributed by atoms with E-state index in [1.54, 1.807) is 19.5 Å². The smallest absolute Gasteiger partial charge is 0.159 e. The molecular formula is C19H24N2O2. The molecule has 0 bridgehead atoms. The van der Waals surface area contributed by atoms with Crippen molar-refractivity contribution in [2.45, 2.75) is 33.0 Å².